The first-order chi connectivity index (χ1) is 12.9. The monoisotopic (exact) mass is 392 g/mol. The van der Waals surface area contributed by atoms with Gasteiger partial charge in [0, 0.05) is 23.1 Å². The summed E-state index contributed by atoms with van der Waals surface area (Å²) >= 11 is 1.24. The second-order valence-electron chi connectivity index (χ2n) is 5.06. The molecular weight excluding hydrogens is 376 g/mol. The van der Waals surface area contributed by atoms with Crippen molar-refractivity contribution in [3.8, 4) is 0 Å². The number of nitro groups is 1. The molecule has 0 atom stereocenters. The average Bonchev–Trinajstić information content (AvgIpc) is 3.08. The highest BCUT2D eigenvalue weighted by molar-refractivity contribution is 7.13. The van der Waals surface area contributed by atoms with E-state index in [9.17, 15) is 19.7 Å². The van der Waals surface area contributed by atoms with Crippen molar-refractivity contribution >= 4 is 40.3 Å². The molecular formula is C16H16N4O6S. The van der Waals surface area contributed by atoms with Crippen LogP contribution in [0.15, 0.2) is 28.7 Å². The second kappa shape index (κ2) is 9.38. The Labute approximate surface area is 158 Å². The van der Waals surface area contributed by atoms with Crippen LogP contribution in [0.1, 0.15) is 28.5 Å². The number of rotatable bonds is 8. The first-order valence-corrected chi connectivity index (χ1v) is 8.57. The van der Waals surface area contributed by atoms with Gasteiger partial charge in [-0.1, -0.05) is 0 Å². The smallest absolute Gasteiger partial charge is 0.338 e. The zero-order chi connectivity index (χ0) is 19.8. The average molecular weight is 392 g/mol. The lowest BCUT2D eigenvalue weighted by Crippen LogP contribution is -2.07. The molecule has 0 saturated heterocycles. The minimum absolute atomic E-state index is 0.0409. The maximum atomic E-state index is 11.6. The third-order valence-electron chi connectivity index (χ3n) is 3.13. The van der Waals surface area contributed by atoms with Gasteiger partial charge in [-0.05, 0) is 13.0 Å². The molecule has 1 aromatic carbocycles. The summed E-state index contributed by atoms with van der Waals surface area (Å²) < 4.78 is 9.43. The molecule has 0 bridgehead atoms. The van der Waals surface area contributed by atoms with E-state index in [2.05, 4.69) is 20.2 Å². The molecule has 0 radical (unpaired) electrons. The van der Waals surface area contributed by atoms with E-state index >= 15 is 0 Å². The highest BCUT2D eigenvalue weighted by atomic mass is 32.1. The fourth-order valence-electron chi connectivity index (χ4n) is 2.01. The lowest BCUT2D eigenvalue weighted by Gasteiger charge is -2.01. The molecule has 0 saturated carbocycles. The van der Waals surface area contributed by atoms with Crippen LogP contribution in [0.25, 0.3) is 0 Å². The van der Waals surface area contributed by atoms with Crippen LogP contribution in [-0.2, 0) is 20.7 Å². The van der Waals surface area contributed by atoms with Gasteiger partial charge in [-0.25, -0.2) is 9.78 Å². The number of carbonyl (C=O) groups excluding carboxylic acids is 2. The number of esters is 2. The molecule has 0 fully saturated rings. The number of non-ortho nitro benzene ring substituents is 1. The van der Waals surface area contributed by atoms with Gasteiger partial charge in [0.25, 0.3) is 5.69 Å². The Morgan fingerprint density at radius 1 is 1.41 bits per heavy atom. The molecule has 0 aliphatic carbocycles. The minimum Gasteiger partial charge on any atom is -0.466 e. The van der Waals surface area contributed by atoms with Gasteiger partial charge in [0.1, 0.15) is 0 Å². The first kappa shape index (κ1) is 20.0. The largest absolute Gasteiger partial charge is 0.466 e. The van der Waals surface area contributed by atoms with E-state index in [0.717, 1.165) is 6.07 Å². The summed E-state index contributed by atoms with van der Waals surface area (Å²) in [6.07, 6.45) is 1.37. The van der Waals surface area contributed by atoms with Crippen molar-refractivity contribution in [1.82, 2.24) is 4.98 Å². The summed E-state index contributed by atoms with van der Waals surface area (Å²) in [4.78, 5) is 37.6. The molecule has 10 nitrogen and oxygen atoms in total. The third kappa shape index (κ3) is 5.85. The topological polar surface area (TPSA) is 133 Å². The van der Waals surface area contributed by atoms with E-state index in [1.165, 1.54) is 36.8 Å². The van der Waals surface area contributed by atoms with Gasteiger partial charge in [-0.3, -0.25) is 20.3 Å². The Balaban J connectivity index is 2.08. The van der Waals surface area contributed by atoms with Gasteiger partial charge < -0.3 is 9.47 Å². The van der Waals surface area contributed by atoms with Crippen molar-refractivity contribution < 1.29 is 24.0 Å². The van der Waals surface area contributed by atoms with E-state index in [-0.39, 0.29) is 23.6 Å². The zero-order valence-electron chi connectivity index (χ0n) is 14.5. The van der Waals surface area contributed by atoms with Gasteiger partial charge in [-0.15, -0.1) is 11.3 Å². The van der Waals surface area contributed by atoms with Crippen LogP contribution in [0.2, 0.25) is 0 Å². The predicted octanol–water partition coefficient (Wildman–Crippen LogP) is 2.39. The molecule has 0 aliphatic rings. The number of nitro benzene ring substituents is 1. The highest BCUT2D eigenvalue weighted by Gasteiger charge is 2.14. The third-order valence-corrected chi connectivity index (χ3v) is 3.92. The summed E-state index contributed by atoms with van der Waals surface area (Å²) in [5.41, 5.74) is 3.33. The van der Waals surface area contributed by atoms with Crippen LogP contribution < -0.4 is 5.43 Å². The highest BCUT2D eigenvalue weighted by Crippen LogP contribution is 2.18. The van der Waals surface area contributed by atoms with Crippen molar-refractivity contribution in [3.63, 3.8) is 0 Å². The second-order valence-corrected chi connectivity index (χ2v) is 5.92. The number of aromatic nitrogens is 1. The van der Waals surface area contributed by atoms with Crippen molar-refractivity contribution in [1.29, 1.82) is 0 Å². The Morgan fingerprint density at radius 3 is 2.85 bits per heavy atom. The SMILES string of the molecule is CCOC(=O)Cc1csc(NN=Cc2cc(C(=O)OC)cc([N+](=O)[O-])c2)n1. The number of nitrogens with one attached hydrogen (secondary N) is 1. The van der Waals surface area contributed by atoms with Crippen LogP contribution >= 0.6 is 11.3 Å². The van der Waals surface area contributed by atoms with Crippen LogP contribution in [0.5, 0.6) is 0 Å². The van der Waals surface area contributed by atoms with Crippen LogP contribution in [0, 0.1) is 10.1 Å². The molecule has 0 aliphatic heterocycles. The number of thiazole rings is 1. The number of ether oxygens (including phenoxy) is 2. The molecule has 0 amide bonds. The van der Waals surface area contributed by atoms with Gasteiger partial charge in [-0.2, -0.15) is 5.10 Å². The molecule has 0 unspecified atom stereocenters. The summed E-state index contributed by atoms with van der Waals surface area (Å²) in [7, 11) is 1.19. The molecule has 2 rings (SSSR count). The lowest BCUT2D eigenvalue weighted by molar-refractivity contribution is -0.384. The van der Waals surface area contributed by atoms with E-state index in [1.54, 1.807) is 12.3 Å². The minimum atomic E-state index is -0.690. The van der Waals surface area contributed by atoms with Crippen molar-refractivity contribution in [2.45, 2.75) is 13.3 Å². The first-order valence-electron chi connectivity index (χ1n) is 7.69. The Hall–Kier alpha value is -3.34. The Bertz CT molecular complexity index is 880. The maximum absolute atomic E-state index is 11.6. The van der Waals surface area contributed by atoms with E-state index < -0.39 is 10.9 Å². The lowest BCUT2D eigenvalue weighted by atomic mass is 10.1. The van der Waals surface area contributed by atoms with E-state index in [1.807, 2.05) is 0 Å². The molecule has 27 heavy (non-hydrogen) atoms. The molecule has 142 valence electrons. The summed E-state index contributed by atoms with van der Waals surface area (Å²) in [5.74, 6) is -1.06. The number of nitrogens with zero attached hydrogens (tertiary/aromatic N) is 3. The number of hydrogen-bond donors (Lipinski definition) is 1. The summed E-state index contributed by atoms with van der Waals surface area (Å²) in [5, 5.41) is 17.1. The molecule has 2 aromatic rings. The van der Waals surface area contributed by atoms with Gasteiger partial charge in [0.15, 0.2) is 0 Å². The maximum Gasteiger partial charge on any atom is 0.338 e. The molecule has 1 heterocycles. The molecule has 11 heteroatoms. The van der Waals surface area contributed by atoms with Crippen LogP contribution in [0.4, 0.5) is 10.8 Å². The number of hydrogen-bond acceptors (Lipinski definition) is 10. The number of carbonyl (C=O) groups is 2. The van der Waals surface area contributed by atoms with Crippen molar-refractivity contribution in [2.75, 3.05) is 19.1 Å². The number of anilines is 1. The Kier molecular flexibility index (Phi) is 6.94. The normalized spacial score (nSPS) is 10.6. The van der Waals surface area contributed by atoms with Crippen LogP contribution in [-0.4, -0.2) is 41.8 Å². The zero-order valence-corrected chi connectivity index (χ0v) is 15.3. The summed E-state index contributed by atoms with van der Waals surface area (Å²) in [6, 6.07) is 3.81. The molecule has 1 N–H and O–H groups in total. The van der Waals surface area contributed by atoms with Crippen molar-refractivity contribution in [3.05, 3.63) is 50.5 Å². The van der Waals surface area contributed by atoms with E-state index in [4.69, 9.17) is 4.74 Å². The Morgan fingerprint density at radius 2 is 2.19 bits per heavy atom. The summed E-state index contributed by atoms with van der Waals surface area (Å²) in [6.45, 7) is 2.02. The fourth-order valence-corrected chi connectivity index (χ4v) is 2.67. The predicted molar refractivity (Wildman–Crippen MR) is 98.1 cm³/mol. The fraction of sp³-hybridized carbons (Fsp3) is 0.250. The molecule has 0 spiro atoms. The van der Waals surface area contributed by atoms with Gasteiger partial charge in [0.2, 0.25) is 5.13 Å². The van der Waals surface area contributed by atoms with E-state index in [0.29, 0.717) is 23.0 Å². The number of benzene rings is 1. The number of hydrazone groups is 1. The van der Waals surface area contributed by atoms with Gasteiger partial charge >= 0.3 is 11.9 Å². The van der Waals surface area contributed by atoms with Crippen LogP contribution in [0.3, 0.4) is 0 Å². The van der Waals surface area contributed by atoms with Crippen molar-refractivity contribution in [2.24, 2.45) is 5.10 Å². The quantitative estimate of drug-likeness (QED) is 0.313. The van der Waals surface area contributed by atoms with Gasteiger partial charge in [0.05, 0.1) is 42.5 Å². The molecule has 1 aromatic heterocycles. The standard InChI is InChI=1S/C16H16N4O6S/c1-3-26-14(21)7-12-9-27-16(18-12)19-17-8-10-4-11(15(22)25-2)6-13(5-10)20(23)24/h4-6,8-9H,3,7H2,1-2H3,(H,18,19). The number of methoxy groups -OCH3 is 1.